The second kappa shape index (κ2) is 5.04. The summed E-state index contributed by atoms with van der Waals surface area (Å²) in [7, 11) is 0. The standard InChI is InChI=1S/C16H19N3O4/c20-14-18-12-2-1-10(7-13(12)23-14)17-11-8-16(9-11)3-5-19(6-4-16)15(21)22/h1-2,7,11,17H,3-6,8-9H2,(H,18,20)(H,21,22). The Bertz CT molecular complexity index is 793. The fraction of sp³-hybridized carbons (Fsp3) is 0.500. The third-order valence-electron chi connectivity index (χ3n) is 5.25. The number of aromatic amines is 1. The van der Waals surface area contributed by atoms with Crippen LogP contribution in [0.1, 0.15) is 25.7 Å². The number of nitrogens with zero attached hydrogens (tertiary/aromatic N) is 1. The number of amides is 1. The number of aromatic nitrogens is 1. The number of nitrogens with one attached hydrogen (secondary N) is 2. The monoisotopic (exact) mass is 317 g/mol. The molecule has 3 N–H and O–H groups in total. The van der Waals surface area contributed by atoms with Crippen molar-refractivity contribution in [3.05, 3.63) is 28.7 Å². The molecule has 2 aromatic rings. The summed E-state index contributed by atoms with van der Waals surface area (Å²) in [6, 6.07) is 6.01. The zero-order chi connectivity index (χ0) is 16.0. The summed E-state index contributed by atoms with van der Waals surface area (Å²) in [6.07, 6.45) is 3.22. The van der Waals surface area contributed by atoms with Crippen molar-refractivity contribution in [2.75, 3.05) is 18.4 Å². The Hall–Kier alpha value is -2.44. The summed E-state index contributed by atoms with van der Waals surface area (Å²) < 4.78 is 5.07. The number of H-pyrrole nitrogens is 1. The van der Waals surface area contributed by atoms with E-state index in [4.69, 9.17) is 9.52 Å². The lowest BCUT2D eigenvalue weighted by atomic mass is 9.60. The maximum absolute atomic E-state index is 11.2. The Balaban J connectivity index is 1.36. The molecule has 2 aliphatic rings. The number of carboxylic acid groups (broad SMARTS) is 1. The summed E-state index contributed by atoms with van der Waals surface area (Å²) in [5, 5.41) is 12.5. The molecule has 2 heterocycles. The Morgan fingerprint density at radius 2 is 2.09 bits per heavy atom. The second-order valence-electron chi connectivity index (χ2n) is 6.74. The molecule has 1 amide bonds. The van der Waals surface area contributed by atoms with E-state index in [1.165, 1.54) is 4.90 Å². The van der Waals surface area contributed by atoms with Gasteiger partial charge < -0.3 is 19.7 Å². The number of piperidine rings is 1. The van der Waals surface area contributed by atoms with Crippen LogP contribution >= 0.6 is 0 Å². The second-order valence-corrected chi connectivity index (χ2v) is 6.74. The fourth-order valence-corrected chi connectivity index (χ4v) is 3.94. The zero-order valence-electron chi connectivity index (χ0n) is 12.7. The van der Waals surface area contributed by atoms with E-state index >= 15 is 0 Å². The van der Waals surface area contributed by atoms with Crippen LogP contribution in [0.4, 0.5) is 10.5 Å². The Kier molecular flexibility index (Phi) is 3.11. The Labute approximate surface area is 132 Å². The van der Waals surface area contributed by atoms with Crippen molar-refractivity contribution < 1.29 is 14.3 Å². The zero-order valence-corrected chi connectivity index (χ0v) is 12.7. The van der Waals surface area contributed by atoms with Crippen LogP contribution in [0, 0.1) is 5.41 Å². The highest BCUT2D eigenvalue weighted by Gasteiger charge is 2.46. The average Bonchev–Trinajstić information content (AvgIpc) is 2.85. The van der Waals surface area contributed by atoms with Gasteiger partial charge in [0.2, 0.25) is 0 Å². The van der Waals surface area contributed by atoms with Gasteiger partial charge in [-0.3, -0.25) is 4.98 Å². The minimum Gasteiger partial charge on any atom is -0.465 e. The lowest BCUT2D eigenvalue weighted by Gasteiger charge is -2.52. The van der Waals surface area contributed by atoms with Crippen LogP contribution in [-0.4, -0.2) is 40.2 Å². The van der Waals surface area contributed by atoms with Crippen molar-refractivity contribution in [3.63, 3.8) is 0 Å². The third-order valence-corrected chi connectivity index (χ3v) is 5.25. The molecule has 4 rings (SSSR count). The van der Waals surface area contributed by atoms with Crippen molar-refractivity contribution in [3.8, 4) is 0 Å². The smallest absolute Gasteiger partial charge is 0.417 e. The number of fused-ring (bicyclic) bond motifs is 1. The van der Waals surface area contributed by atoms with Crippen molar-refractivity contribution in [1.29, 1.82) is 0 Å². The molecule has 0 atom stereocenters. The van der Waals surface area contributed by atoms with Gasteiger partial charge in [0, 0.05) is 30.9 Å². The van der Waals surface area contributed by atoms with E-state index in [0.717, 1.165) is 31.4 Å². The minimum absolute atomic E-state index is 0.300. The number of anilines is 1. The number of hydrogen-bond donors (Lipinski definition) is 3. The average molecular weight is 317 g/mol. The van der Waals surface area contributed by atoms with Crippen LogP contribution in [0.5, 0.6) is 0 Å². The molecule has 1 saturated heterocycles. The molecule has 7 nitrogen and oxygen atoms in total. The number of rotatable bonds is 2. The van der Waals surface area contributed by atoms with Gasteiger partial charge in [-0.2, -0.15) is 0 Å². The molecule has 1 aliphatic heterocycles. The highest BCUT2D eigenvalue weighted by atomic mass is 16.4. The van der Waals surface area contributed by atoms with Crippen molar-refractivity contribution in [2.24, 2.45) is 5.41 Å². The maximum Gasteiger partial charge on any atom is 0.417 e. The Morgan fingerprint density at radius 1 is 1.35 bits per heavy atom. The van der Waals surface area contributed by atoms with Crippen LogP contribution in [0.15, 0.2) is 27.4 Å². The molecule has 0 radical (unpaired) electrons. The van der Waals surface area contributed by atoms with Crippen LogP contribution in [0.25, 0.3) is 11.1 Å². The largest absolute Gasteiger partial charge is 0.465 e. The van der Waals surface area contributed by atoms with Crippen LogP contribution < -0.4 is 11.1 Å². The van der Waals surface area contributed by atoms with E-state index in [9.17, 15) is 9.59 Å². The van der Waals surface area contributed by atoms with Gasteiger partial charge in [-0.15, -0.1) is 0 Å². The molecule has 0 bridgehead atoms. The number of oxazole rings is 1. The molecule has 1 aliphatic carbocycles. The molecule has 7 heteroatoms. The predicted molar refractivity (Wildman–Crippen MR) is 84.7 cm³/mol. The van der Waals surface area contributed by atoms with Gasteiger partial charge in [-0.05, 0) is 43.2 Å². The molecular formula is C16H19N3O4. The molecule has 1 spiro atoms. The first kappa shape index (κ1) is 14.2. The van der Waals surface area contributed by atoms with E-state index in [0.29, 0.717) is 35.6 Å². The summed E-state index contributed by atoms with van der Waals surface area (Å²) in [5.74, 6) is -0.440. The highest BCUT2D eigenvalue weighted by molar-refractivity contribution is 5.76. The predicted octanol–water partition coefficient (Wildman–Crippen LogP) is 2.46. The normalized spacial score (nSPS) is 20.6. The molecule has 1 saturated carbocycles. The van der Waals surface area contributed by atoms with Crippen LogP contribution in [0.3, 0.4) is 0 Å². The van der Waals surface area contributed by atoms with Gasteiger partial charge in [0.05, 0.1) is 5.52 Å². The number of carbonyl (C=O) groups is 1. The van der Waals surface area contributed by atoms with E-state index in [-0.39, 0.29) is 0 Å². The lowest BCUT2D eigenvalue weighted by molar-refractivity contribution is 0.0267. The summed E-state index contributed by atoms with van der Waals surface area (Å²) >= 11 is 0. The van der Waals surface area contributed by atoms with Crippen molar-refractivity contribution in [2.45, 2.75) is 31.7 Å². The highest BCUT2D eigenvalue weighted by Crippen LogP contribution is 2.50. The first-order valence-electron chi connectivity index (χ1n) is 7.90. The summed E-state index contributed by atoms with van der Waals surface area (Å²) in [6.45, 7) is 1.28. The fourth-order valence-electron chi connectivity index (χ4n) is 3.94. The van der Waals surface area contributed by atoms with E-state index in [1.54, 1.807) is 0 Å². The lowest BCUT2D eigenvalue weighted by Crippen LogP contribution is -2.52. The molecule has 1 aromatic carbocycles. The summed E-state index contributed by atoms with van der Waals surface area (Å²) in [5.41, 5.74) is 2.51. The quantitative estimate of drug-likeness (QED) is 0.790. The summed E-state index contributed by atoms with van der Waals surface area (Å²) in [4.78, 5) is 26.3. The number of benzene rings is 1. The van der Waals surface area contributed by atoms with E-state index < -0.39 is 11.8 Å². The van der Waals surface area contributed by atoms with Gasteiger partial charge in [0.1, 0.15) is 0 Å². The van der Waals surface area contributed by atoms with Gasteiger partial charge in [-0.1, -0.05) is 0 Å². The molecule has 122 valence electrons. The van der Waals surface area contributed by atoms with E-state index in [1.807, 2.05) is 18.2 Å². The molecular weight excluding hydrogens is 298 g/mol. The third kappa shape index (κ3) is 2.56. The minimum atomic E-state index is -0.810. The van der Waals surface area contributed by atoms with Crippen LogP contribution in [-0.2, 0) is 0 Å². The molecule has 1 aromatic heterocycles. The van der Waals surface area contributed by atoms with Gasteiger partial charge in [0.15, 0.2) is 5.58 Å². The first-order valence-corrected chi connectivity index (χ1v) is 7.90. The van der Waals surface area contributed by atoms with E-state index in [2.05, 4.69) is 10.3 Å². The van der Waals surface area contributed by atoms with Gasteiger partial charge in [-0.25, -0.2) is 9.59 Å². The van der Waals surface area contributed by atoms with Gasteiger partial charge >= 0.3 is 11.8 Å². The first-order chi connectivity index (χ1) is 11.0. The molecule has 0 unspecified atom stereocenters. The Morgan fingerprint density at radius 3 is 2.78 bits per heavy atom. The van der Waals surface area contributed by atoms with Crippen molar-refractivity contribution >= 4 is 22.9 Å². The van der Waals surface area contributed by atoms with Crippen LogP contribution in [0.2, 0.25) is 0 Å². The molecule has 23 heavy (non-hydrogen) atoms. The van der Waals surface area contributed by atoms with Gasteiger partial charge in [0.25, 0.3) is 0 Å². The maximum atomic E-state index is 11.2. The molecule has 2 fully saturated rings. The topological polar surface area (TPSA) is 98.6 Å². The number of likely N-dealkylation sites (tertiary alicyclic amines) is 1. The SMILES string of the molecule is O=C(O)N1CCC2(CC1)CC(Nc1ccc3[nH]c(=O)oc3c1)C2. The van der Waals surface area contributed by atoms with Crippen molar-refractivity contribution in [1.82, 2.24) is 9.88 Å². The number of hydrogen-bond acceptors (Lipinski definition) is 4.